The van der Waals surface area contributed by atoms with E-state index in [4.69, 9.17) is 4.74 Å². The summed E-state index contributed by atoms with van der Waals surface area (Å²) in [7, 11) is 0. The minimum Gasteiger partial charge on any atom is -0.508 e. The summed E-state index contributed by atoms with van der Waals surface area (Å²) in [6.45, 7) is 2.83. The smallest absolute Gasteiger partial charge is 0.308 e. The number of aliphatic hydroxyl groups excluding tert-OH is 1. The first-order chi connectivity index (χ1) is 11.5. The third-order valence-corrected chi connectivity index (χ3v) is 3.51. The van der Waals surface area contributed by atoms with Gasteiger partial charge in [-0.3, -0.25) is 9.59 Å². The normalized spacial score (nSPS) is 12.5. The van der Waals surface area contributed by atoms with Crippen LogP contribution >= 0.6 is 0 Å². The zero-order valence-corrected chi connectivity index (χ0v) is 13.7. The first-order valence-electron chi connectivity index (χ1n) is 7.70. The van der Waals surface area contributed by atoms with Crippen LogP contribution in [0.1, 0.15) is 37.3 Å². The van der Waals surface area contributed by atoms with Crippen molar-refractivity contribution in [2.45, 2.75) is 26.2 Å². The molecule has 0 radical (unpaired) electrons. The Morgan fingerprint density at radius 2 is 1.67 bits per heavy atom. The number of para-hydroxylation sites is 1. The van der Waals surface area contributed by atoms with Gasteiger partial charge in [-0.25, -0.2) is 0 Å². The maximum Gasteiger partial charge on any atom is 0.308 e. The molecule has 0 saturated carbocycles. The van der Waals surface area contributed by atoms with Crippen LogP contribution in [0.5, 0.6) is 5.75 Å². The molecule has 0 saturated heterocycles. The molecular formula is C20H20O4. The van der Waals surface area contributed by atoms with Gasteiger partial charge in [-0.05, 0) is 30.7 Å². The van der Waals surface area contributed by atoms with Gasteiger partial charge in [0.1, 0.15) is 17.3 Å². The highest BCUT2D eigenvalue weighted by molar-refractivity contribution is 5.78. The fourth-order valence-electron chi connectivity index (χ4n) is 2.49. The number of aliphatic hydroxyl groups is 1. The first kappa shape index (κ1) is 17.5. The molecule has 0 aliphatic heterocycles. The number of benzene rings is 2. The molecule has 0 aromatic heterocycles. The predicted octanol–water partition coefficient (Wildman–Crippen LogP) is 4.27. The molecule has 0 amide bonds. The van der Waals surface area contributed by atoms with Crippen LogP contribution in [0.2, 0.25) is 0 Å². The van der Waals surface area contributed by atoms with Gasteiger partial charge in [0.2, 0.25) is 0 Å². The highest BCUT2D eigenvalue weighted by atomic mass is 16.5. The molecule has 0 bridgehead atoms. The number of ketones is 1. The lowest BCUT2D eigenvalue weighted by molar-refractivity contribution is -0.131. The van der Waals surface area contributed by atoms with E-state index in [1.807, 2.05) is 30.3 Å². The molecule has 0 aliphatic carbocycles. The second-order valence-electron chi connectivity index (χ2n) is 5.57. The number of carbonyl (C=O) groups is 2. The Morgan fingerprint density at radius 1 is 1.04 bits per heavy atom. The second kappa shape index (κ2) is 8.11. The molecule has 2 rings (SSSR count). The van der Waals surface area contributed by atoms with Gasteiger partial charge in [0.25, 0.3) is 0 Å². The van der Waals surface area contributed by atoms with Crippen molar-refractivity contribution in [1.29, 1.82) is 0 Å². The van der Waals surface area contributed by atoms with Crippen LogP contribution in [0.15, 0.2) is 60.7 Å². The molecule has 4 heteroatoms. The standard InChI is InChI=1S/C20H20O4/c1-14(21)12-17(16-8-4-3-5-9-16)13-19(23)18-10-6-7-11-20(18)24-15(2)22/h3-11,13,17,23H,12H2,1-2H3/b19-13-. The lowest BCUT2D eigenvalue weighted by Crippen LogP contribution is -2.05. The van der Waals surface area contributed by atoms with E-state index < -0.39 is 5.97 Å². The number of ether oxygens (including phenoxy) is 1. The van der Waals surface area contributed by atoms with Crippen LogP contribution < -0.4 is 4.74 Å². The van der Waals surface area contributed by atoms with Crippen molar-refractivity contribution in [3.8, 4) is 5.75 Å². The van der Waals surface area contributed by atoms with Crippen LogP contribution in [0.25, 0.3) is 5.76 Å². The summed E-state index contributed by atoms with van der Waals surface area (Å²) >= 11 is 0. The van der Waals surface area contributed by atoms with E-state index in [0.717, 1.165) is 5.56 Å². The quantitative estimate of drug-likeness (QED) is 0.489. The zero-order valence-electron chi connectivity index (χ0n) is 13.7. The van der Waals surface area contributed by atoms with Gasteiger partial charge < -0.3 is 9.84 Å². The second-order valence-corrected chi connectivity index (χ2v) is 5.57. The number of carbonyl (C=O) groups excluding carboxylic acids is 2. The van der Waals surface area contributed by atoms with E-state index >= 15 is 0 Å². The van der Waals surface area contributed by atoms with Gasteiger partial charge >= 0.3 is 5.97 Å². The van der Waals surface area contributed by atoms with Crippen LogP contribution in [0.3, 0.4) is 0 Å². The molecule has 0 heterocycles. The lowest BCUT2D eigenvalue weighted by Gasteiger charge is -2.14. The van der Waals surface area contributed by atoms with Crippen LogP contribution in [0.4, 0.5) is 0 Å². The third kappa shape index (κ3) is 4.81. The Kier molecular flexibility index (Phi) is 5.90. The van der Waals surface area contributed by atoms with Crippen molar-refractivity contribution < 1.29 is 19.4 Å². The number of allylic oxidation sites excluding steroid dienone is 1. The maximum atomic E-state index is 11.6. The summed E-state index contributed by atoms with van der Waals surface area (Å²) in [5.41, 5.74) is 1.35. The summed E-state index contributed by atoms with van der Waals surface area (Å²) in [5.74, 6) is -0.427. The Labute approximate surface area is 141 Å². The summed E-state index contributed by atoms with van der Waals surface area (Å²) in [6.07, 6.45) is 1.91. The summed E-state index contributed by atoms with van der Waals surface area (Å²) in [5, 5.41) is 10.5. The summed E-state index contributed by atoms with van der Waals surface area (Å²) in [6, 6.07) is 16.2. The average Bonchev–Trinajstić information content (AvgIpc) is 2.54. The Hall–Kier alpha value is -2.88. The maximum absolute atomic E-state index is 11.6. The molecule has 0 fully saturated rings. The van der Waals surface area contributed by atoms with E-state index in [-0.39, 0.29) is 29.6 Å². The van der Waals surface area contributed by atoms with E-state index in [1.165, 1.54) is 13.8 Å². The topological polar surface area (TPSA) is 63.6 Å². The number of esters is 1. The van der Waals surface area contributed by atoms with Crippen molar-refractivity contribution in [1.82, 2.24) is 0 Å². The SMILES string of the molecule is CC(=O)CC(/C=C(\O)c1ccccc1OC(C)=O)c1ccccc1. The first-order valence-corrected chi connectivity index (χ1v) is 7.70. The number of Topliss-reactive ketones (excluding diaryl/α,β-unsaturated/α-hetero) is 1. The van der Waals surface area contributed by atoms with Crippen molar-refractivity contribution >= 4 is 17.5 Å². The largest absolute Gasteiger partial charge is 0.508 e. The molecule has 24 heavy (non-hydrogen) atoms. The third-order valence-electron chi connectivity index (χ3n) is 3.51. The zero-order chi connectivity index (χ0) is 17.5. The predicted molar refractivity (Wildman–Crippen MR) is 92.8 cm³/mol. The van der Waals surface area contributed by atoms with Crippen LogP contribution in [0, 0.1) is 0 Å². The van der Waals surface area contributed by atoms with E-state index in [1.54, 1.807) is 30.3 Å². The van der Waals surface area contributed by atoms with Gasteiger partial charge in [-0.15, -0.1) is 0 Å². The minimum atomic E-state index is -0.460. The highest BCUT2D eigenvalue weighted by Crippen LogP contribution is 2.29. The lowest BCUT2D eigenvalue weighted by atomic mass is 9.92. The van der Waals surface area contributed by atoms with Gasteiger partial charge in [0.15, 0.2) is 0 Å². The molecule has 0 aliphatic rings. The van der Waals surface area contributed by atoms with E-state index in [2.05, 4.69) is 0 Å². The summed E-state index contributed by atoms with van der Waals surface area (Å²) < 4.78 is 5.13. The monoisotopic (exact) mass is 324 g/mol. The molecule has 1 N–H and O–H groups in total. The number of rotatable bonds is 6. The number of hydrogen-bond donors (Lipinski definition) is 1. The number of hydrogen-bond acceptors (Lipinski definition) is 4. The highest BCUT2D eigenvalue weighted by Gasteiger charge is 2.15. The molecule has 1 atom stereocenters. The fraction of sp³-hybridized carbons (Fsp3) is 0.200. The van der Waals surface area contributed by atoms with Gasteiger partial charge in [-0.2, -0.15) is 0 Å². The molecule has 0 spiro atoms. The average molecular weight is 324 g/mol. The Morgan fingerprint density at radius 3 is 2.29 bits per heavy atom. The molecular weight excluding hydrogens is 304 g/mol. The minimum absolute atomic E-state index is 0.0260. The van der Waals surface area contributed by atoms with E-state index in [0.29, 0.717) is 5.56 Å². The molecule has 2 aromatic carbocycles. The van der Waals surface area contributed by atoms with Crippen LogP contribution in [-0.4, -0.2) is 16.9 Å². The van der Waals surface area contributed by atoms with Crippen LogP contribution in [-0.2, 0) is 9.59 Å². The van der Waals surface area contributed by atoms with Crippen molar-refractivity contribution in [2.75, 3.05) is 0 Å². The molecule has 4 nitrogen and oxygen atoms in total. The van der Waals surface area contributed by atoms with Gasteiger partial charge in [-0.1, -0.05) is 42.5 Å². The van der Waals surface area contributed by atoms with Crippen molar-refractivity contribution in [3.63, 3.8) is 0 Å². The molecule has 2 aromatic rings. The van der Waals surface area contributed by atoms with Gasteiger partial charge in [0, 0.05) is 19.3 Å². The fourth-order valence-corrected chi connectivity index (χ4v) is 2.49. The van der Waals surface area contributed by atoms with Crippen molar-refractivity contribution in [2.24, 2.45) is 0 Å². The molecule has 1 unspecified atom stereocenters. The van der Waals surface area contributed by atoms with Gasteiger partial charge in [0.05, 0.1) is 5.56 Å². The van der Waals surface area contributed by atoms with Crippen molar-refractivity contribution in [3.05, 3.63) is 71.8 Å². The van der Waals surface area contributed by atoms with E-state index in [9.17, 15) is 14.7 Å². The Bertz CT molecular complexity index is 747. The molecule has 124 valence electrons. The summed E-state index contributed by atoms with van der Waals surface area (Å²) in [4.78, 5) is 22.8. The Balaban J connectivity index is 2.39.